The van der Waals surface area contributed by atoms with E-state index in [1.165, 1.54) is 7.11 Å². The molecule has 5 nitrogen and oxygen atoms in total. The van der Waals surface area contributed by atoms with Crippen molar-refractivity contribution >= 4 is 19.2 Å². The Morgan fingerprint density at radius 2 is 1.79 bits per heavy atom. The van der Waals surface area contributed by atoms with Crippen LogP contribution in [0, 0.1) is 0 Å². The zero-order valence-electron chi connectivity index (χ0n) is 15.1. The minimum atomic E-state index is -0.494. The van der Waals surface area contributed by atoms with E-state index in [9.17, 15) is 4.79 Å². The van der Waals surface area contributed by atoms with E-state index in [0.29, 0.717) is 6.54 Å². The molecular formula is C18H26BNO4. The standard InChI is InChI=1S/C18H26BNO4/c1-17(2)18(3,4)24-19(23-17)15(12-20)10-13-8-6-7-9-14(13)11-16(21)22-5/h6-10H,11-12,20H2,1-5H3. The fourth-order valence-electron chi connectivity index (χ4n) is 2.48. The van der Waals surface area contributed by atoms with Crippen LogP contribution in [-0.2, 0) is 25.3 Å². The van der Waals surface area contributed by atoms with Crippen molar-refractivity contribution in [1.82, 2.24) is 0 Å². The third-order valence-corrected chi connectivity index (χ3v) is 4.75. The predicted octanol–water partition coefficient (Wildman–Crippen LogP) is 2.38. The van der Waals surface area contributed by atoms with Gasteiger partial charge in [-0.05, 0) is 44.3 Å². The molecule has 2 rings (SSSR count). The van der Waals surface area contributed by atoms with Crippen LogP contribution in [0.4, 0.5) is 0 Å². The first-order chi connectivity index (χ1) is 11.2. The summed E-state index contributed by atoms with van der Waals surface area (Å²) >= 11 is 0. The van der Waals surface area contributed by atoms with Crippen LogP contribution in [0.2, 0.25) is 0 Å². The molecule has 0 saturated carbocycles. The Bertz CT molecular complexity index is 624. The molecule has 1 aliphatic heterocycles. The summed E-state index contributed by atoms with van der Waals surface area (Å²) in [7, 11) is 0.891. The molecule has 0 unspecified atom stereocenters. The van der Waals surface area contributed by atoms with Gasteiger partial charge < -0.3 is 19.8 Å². The van der Waals surface area contributed by atoms with Crippen LogP contribution in [0.3, 0.4) is 0 Å². The summed E-state index contributed by atoms with van der Waals surface area (Å²) in [5.41, 5.74) is 7.73. The topological polar surface area (TPSA) is 70.8 Å². The van der Waals surface area contributed by atoms with E-state index in [0.717, 1.165) is 16.6 Å². The van der Waals surface area contributed by atoms with E-state index >= 15 is 0 Å². The summed E-state index contributed by atoms with van der Waals surface area (Å²) in [5.74, 6) is -0.277. The van der Waals surface area contributed by atoms with Crippen LogP contribution in [0.1, 0.15) is 38.8 Å². The number of methoxy groups -OCH3 is 1. The maximum Gasteiger partial charge on any atom is 0.491 e. The lowest BCUT2D eigenvalue weighted by atomic mass is 9.76. The minimum absolute atomic E-state index is 0.213. The largest absolute Gasteiger partial charge is 0.491 e. The second kappa shape index (κ2) is 7.09. The summed E-state index contributed by atoms with van der Waals surface area (Å²) in [6.07, 6.45) is 2.16. The highest BCUT2D eigenvalue weighted by Crippen LogP contribution is 2.38. The summed E-state index contributed by atoms with van der Waals surface area (Å²) in [6.45, 7) is 8.33. The van der Waals surface area contributed by atoms with Crippen LogP contribution in [0.5, 0.6) is 0 Å². The molecule has 1 saturated heterocycles. The van der Waals surface area contributed by atoms with E-state index in [-0.39, 0.29) is 12.4 Å². The summed E-state index contributed by atoms with van der Waals surface area (Å²) in [5, 5.41) is 0. The number of nitrogens with two attached hydrogens (primary N) is 1. The first-order valence-electron chi connectivity index (χ1n) is 8.11. The van der Waals surface area contributed by atoms with Gasteiger partial charge in [0.15, 0.2) is 0 Å². The second-order valence-electron chi connectivity index (χ2n) is 6.96. The molecule has 2 N–H and O–H groups in total. The van der Waals surface area contributed by atoms with Crippen molar-refractivity contribution in [2.24, 2.45) is 5.73 Å². The maximum atomic E-state index is 11.6. The van der Waals surface area contributed by atoms with Crippen molar-refractivity contribution in [3.63, 3.8) is 0 Å². The Balaban J connectivity index is 2.31. The van der Waals surface area contributed by atoms with Crippen molar-refractivity contribution in [2.75, 3.05) is 13.7 Å². The number of rotatable bonds is 5. The van der Waals surface area contributed by atoms with Gasteiger partial charge in [0.2, 0.25) is 0 Å². The van der Waals surface area contributed by atoms with Gasteiger partial charge in [0.1, 0.15) is 0 Å². The van der Waals surface area contributed by atoms with Crippen molar-refractivity contribution in [2.45, 2.75) is 45.3 Å². The van der Waals surface area contributed by atoms with Gasteiger partial charge in [-0.25, -0.2) is 0 Å². The lowest BCUT2D eigenvalue weighted by molar-refractivity contribution is -0.139. The summed E-state index contributed by atoms with van der Waals surface area (Å²) < 4.78 is 16.9. The number of carbonyl (C=O) groups excluding carboxylic acids is 1. The number of carbonyl (C=O) groups is 1. The van der Waals surface area contributed by atoms with E-state index in [1.54, 1.807) is 0 Å². The Morgan fingerprint density at radius 3 is 2.33 bits per heavy atom. The highest BCUT2D eigenvalue weighted by Gasteiger charge is 2.52. The highest BCUT2D eigenvalue weighted by molar-refractivity contribution is 6.55. The molecule has 0 amide bonds. The second-order valence-corrected chi connectivity index (χ2v) is 6.96. The normalized spacial score (nSPS) is 19.4. The number of hydrogen-bond acceptors (Lipinski definition) is 5. The van der Waals surface area contributed by atoms with E-state index in [1.807, 2.05) is 58.0 Å². The summed E-state index contributed by atoms with van der Waals surface area (Å²) in [4.78, 5) is 11.6. The Kier molecular flexibility index (Phi) is 5.53. The molecule has 0 atom stereocenters. The fraction of sp³-hybridized carbons (Fsp3) is 0.500. The van der Waals surface area contributed by atoms with Gasteiger partial charge >= 0.3 is 13.1 Å². The summed E-state index contributed by atoms with van der Waals surface area (Å²) in [6, 6.07) is 7.66. The molecule has 6 heteroatoms. The van der Waals surface area contributed by atoms with E-state index in [4.69, 9.17) is 19.8 Å². The first-order valence-corrected chi connectivity index (χ1v) is 8.11. The minimum Gasteiger partial charge on any atom is -0.469 e. The molecule has 1 aromatic carbocycles. The van der Waals surface area contributed by atoms with Gasteiger partial charge in [0, 0.05) is 6.54 Å². The zero-order chi connectivity index (χ0) is 18.0. The van der Waals surface area contributed by atoms with Crippen molar-refractivity contribution in [3.05, 3.63) is 40.9 Å². The zero-order valence-corrected chi connectivity index (χ0v) is 15.1. The number of hydrogen-bond donors (Lipinski definition) is 1. The van der Waals surface area contributed by atoms with E-state index in [2.05, 4.69) is 0 Å². The third-order valence-electron chi connectivity index (χ3n) is 4.75. The van der Waals surface area contributed by atoms with Gasteiger partial charge in [-0.3, -0.25) is 4.79 Å². The highest BCUT2D eigenvalue weighted by atomic mass is 16.7. The molecule has 1 aliphatic rings. The fourth-order valence-corrected chi connectivity index (χ4v) is 2.48. The van der Waals surface area contributed by atoms with Crippen LogP contribution in [0.15, 0.2) is 29.7 Å². The van der Waals surface area contributed by atoms with Crippen LogP contribution in [-0.4, -0.2) is 37.9 Å². The molecule has 0 aromatic heterocycles. The Labute approximate surface area is 144 Å². The molecule has 0 bridgehead atoms. The molecule has 1 fully saturated rings. The van der Waals surface area contributed by atoms with E-state index < -0.39 is 18.3 Å². The lowest BCUT2D eigenvalue weighted by Gasteiger charge is -2.32. The predicted molar refractivity (Wildman–Crippen MR) is 95.3 cm³/mol. The molecule has 1 heterocycles. The number of benzene rings is 1. The van der Waals surface area contributed by atoms with Gasteiger partial charge in [0.25, 0.3) is 0 Å². The average molecular weight is 331 g/mol. The average Bonchev–Trinajstić information content (AvgIpc) is 2.74. The molecule has 1 aromatic rings. The molecule has 24 heavy (non-hydrogen) atoms. The van der Waals surface area contributed by atoms with Crippen LogP contribution < -0.4 is 5.73 Å². The maximum absolute atomic E-state index is 11.6. The van der Waals surface area contributed by atoms with Gasteiger partial charge in [-0.2, -0.15) is 0 Å². The SMILES string of the molecule is COC(=O)Cc1ccccc1C=C(CN)B1OC(C)(C)C(C)(C)O1. The van der Waals surface area contributed by atoms with Crippen LogP contribution >= 0.6 is 0 Å². The molecule has 0 spiro atoms. The van der Waals surface area contributed by atoms with Gasteiger partial charge in [0.05, 0.1) is 24.7 Å². The van der Waals surface area contributed by atoms with Crippen molar-refractivity contribution in [3.8, 4) is 0 Å². The Hall–Kier alpha value is -1.63. The molecule has 0 aliphatic carbocycles. The monoisotopic (exact) mass is 331 g/mol. The smallest absolute Gasteiger partial charge is 0.469 e. The van der Waals surface area contributed by atoms with Crippen molar-refractivity contribution < 1.29 is 18.8 Å². The quantitative estimate of drug-likeness (QED) is 0.663. The number of ether oxygens (including phenoxy) is 1. The molecule has 0 radical (unpaired) electrons. The van der Waals surface area contributed by atoms with Crippen molar-refractivity contribution in [1.29, 1.82) is 0 Å². The molecule has 130 valence electrons. The van der Waals surface area contributed by atoms with Crippen LogP contribution in [0.25, 0.3) is 6.08 Å². The number of esters is 1. The lowest BCUT2D eigenvalue weighted by Crippen LogP contribution is -2.41. The van der Waals surface area contributed by atoms with Gasteiger partial charge in [-0.15, -0.1) is 0 Å². The Morgan fingerprint density at radius 1 is 1.21 bits per heavy atom. The third kappa shape index (κ3) is 3.88. The van der Waals surface area contributed by atoms with Gasteiger partial charge in [-0.1, -0.05) is 30.3 Å². The first kappa shape index (κ1) is 18.7. The molecular weight excluding hydrogens is 305 g/mol.